The first kappa shape index (κ1) is 32.0. The van der Waals surface area contributed by atoms with E-state index >= 15 is 0 Å². The van der Waals surface area contributed by atoms with Crippen LogP contribution in [0.15, 0.2) is 103 Å². The van der Waals surface area contributed by atoms with Crippen molar-refractivity contribution in [2.45, 2.75) is 85.5 Å². The fraction of sp³-hybridized carbons (Fsp3) is 0.289. The molecule has 0 saturated carbocycles. The van der Waals surface area contributed by atoms with Gasteiger partial charge in [-0.25, -0.2) is 0 Å². The fourth-order valence-electron chi connectivity index (χ4n) is 7.80. The third-order valence-electron chi connectivity index (χ3n) is 10.6. The highest BCUT2D eigenvalue weighted by Gasteiger charge is 2.45. The normalized spacial score (nSPS) is 14.2. The van der Waals surface area contributed by atoms with Crippen molar-refractivity contribution in [3.8, 4) is 0 Å². The summed E-state index contributed by atoms with van der Waals surface area (Å²) in [7, 11) is 0. The van der Waals surface area contributed by atoms with Gasteiger partial charge < -0.3 is 9.80 Å². The Labute approximate surface area is 297 Å². The molecule has 0 spiro atoms. The number of benzene rings is 5. The molecular formula is C45H47BN2S. The van der Waals surface area contributed by atoms with Crippen LogP contribution in [0.3, 0.4) is 0 Å². The minimum Gasteiger partial charge on any atom is -0.311 e. The lowest BCUT2D eigenvalue weighted by atomic mass is 9.36. The first-order chi connectivity index (χ1) is 23.1. The number of anilines is 6. The van der Waals surface area contributed by atoms with Crippen molar-refractivity contribution in [2.75, 3.05) is 9.80 Å². The van der Waals surface area contributed by atoms with Crippen LogP contribution in [0, 0.1) is 6.92 Å². The van der Waals surface area contributed by atoms with Gasteiger partial charge in [-0.15, -0.1) is 11.3 Å². The van der Waals surface area contributed by atoms with Gasteiger partial charge in [0.2, 0.25) is 0 Å². The van der Waals surface area contributed by atoms with Crippen molar-refractivity contribution in [1.29, 1.82) is 0 Å². The van der Waals surface area contributed by atoms with Gasteiger partial charge in [-0.3, -0.25) is 0 Å². The minimum atomic E-state index is 0.0280. The Hall–Kier alpha value is -4.28. The van der Waals surface area contributed by atoms with Crippen LogP contribution in [-0.2, 0) is 16.2 Å². The molecule has 0 unspecified atom stereocenters. The van der Waals surface area contributed by atoms with E-state index in [1.54, 1.807) is 0 Å². The summed E-state index contributed by atoms with van der Waals surface area (Å²) in [4.78, 5) is 5.12. The molecule has 5 aromatic carbocycles. The number of nitrogens with zero attached hydrogens (tertiary/aromatic N) is 2. The van der Waals surface area contributed by atoms with Crippen LogP contribution in [0.25, 0.3) is 10.1 Å². The third kappa shape index (κ3) is 5.14. The largest absolute Gasteiger partial charge is 0.311 e. The van der Waals surface area contributed by atoms with Gasteiger partial charge in [0.25, 0.3) is 6.71 Å². The SMILES string of the molecule is Cc1cc2c3c(c1)N(c1ccc(C(C)(C)C)cc1)c1c(sc4ccccc14)B3c1ccc(C(C)(C)C)cc1N2c1ccc(C(C)(C)C)cc1. The molecule has 8 rings (SSSR count). The van der Waals surface area contributed by atoms with Crippen molar-refractivity contribution in [3.05, 3.63) is 125 Å². The van der Waals surface area contributed by atoms with E-state index in [-0.39, 0.29) is 23.0 Å². The van der Waals surface area contributed by atoms with Crippen LogP contribution < -0.4 is 25.5 Å². The molecule has 0 fully saturated rings. The van der Waals surface area contributed by atoms with Gasteiger partial charge in [0.15, 0.2) is 0 Å². The van der Waals surface area contributed by atoms with Crippen LogP contribution >= 0.6 is 11.3 Å². The maximum Gasteiger partial charge on any atom is 0.264 e. The Bertz CT molecular complexity index is 2240. The molecular weight excluding hydrogens is 611 g/mol. The molecule has 246 valence electrons. The highest BCUT2D eigenvalue weighted by atomic mass is 32.1. The van der Waals surface area contributed by atoms with E-state index in [2.05, 4.69) is 182 Å². The summed E-state index contributed by atoms with van der Waals surface area (Å²) < 4.78 is 2.76. The zero-order valence-corrected chi connectivity index (χ0v) is 31.5. The molecule has 6 aromatic rings. The summed E-state index contributed by atoms with van der Waals surface area (Å²) in [6.45, 7) is 23.1. The summed E-state index contributed by atoms with van der Waals surface area (Å²) in [5, 5.41) is 1.32. The van der Waals surface area contributed by atoms with Crippen LogP contribution in [-0.4, -0.2) is 6.71 Å². The lowest BCUT2D eigenvalue weighted by Crippen LogP contribution is -2.60. The average molecular weight is 659 g/mol. The van der Waals surface area contributed by atoms with E-state index < -0.39 is 0 Å². The van der Waals surface area contributed by atoms with Crippen LogP contribution in [0.1, 0.15) is 84.6 Å². The number of hydrogen-bond acceptors (Lipinski definition) is 3. The lowest BCUT2D eigenvalue weighted by Gasteiger charge is -2.44. The highest BCUT2D eigenvalue weighted by Crippen LogP contribution is 2.48. The summed E-state index contributed by atoms with van der Waals surface area (Å²) >= 11 is 1.96. The van der Waals surface area contributed by atoms with Crippen LogP contribution in [0.2, 0.25) is 0 Å². The Morgan fingerprint density at radius 3 is 1.61 bits per heavy atom. The third-order valence-corrected chi connectivity index (χ3v) is 11.8. The Balaban J connectivity index is 1.45. The summed E-state index contributed by atoms with van der Waals surface area (Å²) in [6.07, 6.45) is 0. The molecule has 49 heavy (non-hydrogen) atoms. The van der Waals surface area contributed by atoms with Crippen molar-refractivity contribution < 1.29 is 0 Å². The second-order valence-corrected chi connectivity index (χ2v) is 18.3. The Morgan fingerprint density at radius 2 is 1.04 bits per heavy atom. The number of hydrogen-bond donors (Lipinski definition) is 0. The molecule has 0 saturated heterocycles. The van der Waals surface area contributed by atoms with Crippen molar-refractivity contribution in [3.63, 3.8) is 0 Å². The minimum absolute atomic E-state index is 0.0280. The van der Waals surface area contributed by atoms with Crippen LogP contribution in [0.4, 0.5) is 34.1 Å². The van der Waals surface area contributed by atoms with Crippen molar-refractivity contribution in [1.82, 2.24) is 0 Å². The van der Waals surface area contributed by atoms with Crippen molar-refractivity contribution in [2.24, 2.45) is 0 Å². The van der Waals surface area contributed by atoms with Gasteiger partial charge in [-0.05, 0) is 105 Å². The van der Waals surface area contributed by atoms with E-state index in [4.69, 9.17) is 0 Å². The summed E-state index contributed by atoms with van der Waals surface area (Å²) in [5.41, 5.74) is 15.9. The standard InChI is InChI=1S/C45H47BN2S/c1-28-25-37-40-38(26-28)48(33-22-17-30(18-23-33)44(5,6)7)41-34-13-11-12-14-39(34)49-42(41)46(40)35-24-19-31(45(8,9)10)27-36(35)47(37)32-20-15-29(16-21-32)43(2,3)4/h11-27H,1-10H3. The van der Waals surface area contributed by atoms with E-state index in [9.17, 15) is 0 Å². The summed E-state index contributed by atoms with van der Waals surface area (Å²) in [6, 6.07) is 39.8. The predicted molar refractivity (Wildman–Crippen MR) is 217 cm³/mol. The molecule has 0 atom stereocenters. The quantitative estimate of drug-likeness (QED) is 0.171. The Kier molecular flexibility index (Phi) is 7.08. The highest BCUT2D eigenvalue weighted by molar-refractivity contribution is 7.33. The van der Waals surface area contributed by atoms with Gasteiger partial charge in [0.1, 0.15) is 0 Å². The zero-order valence-electron chi connectivity index (χ0n) is 30.7. The predicted octanol–water partition coefficient (Wildman–Crippen LogP) is 11.2. The van der Waals surface area contributed by atoms with Gasteiger partial charge in [0, 0.05) is 43.3 Å². The van der Waals surface area contributed by atoms with E-state index in [0.717, 1.165) is 0 Å². The monoisotopic (exact) mass is 658 g/mol. The van der Waals surface area contributed by atoms with E-state index in [0.29, 0.717) is 0 Å². The maximum absolute atomic E-state index is 2.57. The van der Waals surface area contributed by atoms with Crippen molar-refractivity contribution >= 4 is 78.0 Å². The molecule has 0 amide bonds. The molecule has 0 aliphatic carbocycles. The first-order valence-electron chi connectivity index (χ1n) is 17.7. The zero-order chi connectivity index (χ0) is 34.6. The van der Waals surface area contributed by atoms with E-state index in [1.165, 1.54) is 82.2 Å². The molecule has 1 aromatic heterocycles. The summed E-state index contributed by atoms with van der Waals surface area (Å²) in [5.74, 6) is 0. The Morgan fingerprint density at radius 1 is 0.531 bits per heavy atom. The lowest BCUT2D eigenvalue weighted by molar-refractivity contribution is 0.590. The first-order valence-corrected chi connectivity index (χ1v) is 18.5. The second kappa shape index (κ2) is 10.9. The van der Waals surface area contributed by atoms with Gasteiger partial charge in [-0.1, -0.05) is 117 Å². The average Bonchev–Trinajstić information content (AvgIpc) is 3.42. The number of aryl methyl sites for hydroxylation is 1. The molecule has 3 heterocycles. The van der Waals surface area contributed by atoms with Gasteiger partial charge in [0.05, 0.1) is 5.69 Å². The molecule has 2 nitrogen and oxygen atoms in total. The van der Waals surface area contributed by atoms with Gasteiger partial charge in [-0.2, -0.15) is 0 Å². The molecule has 0 radical (unpaired) electrons. The van der Waals surface area contributed by atoms with Crippen LogP contribution in [0.5, 0.6) is 0 Å². The number of rotatable bonds is 2. The maximum atomic E-state index is 2.57. The smallest absolute Gasteiger partial charge is 0.264 e. The number of thiophene rings is 1. The molecule has 4 heteroatoms. The molecule has 0 N–H and O–H groups in total. The molecule has 2 aliphatic heterocycles. The molecule has 2 aliphatic rings. The fourth-order valence-corrected chi connectivity index (χ4v) is 9.11. The number of fused-ring (bicyclic) bond motifs is 6. The van der Waals surface area contributed by atoms with E-state index in [1.807, 2.05) is 11.3 Å². The topological polar surface area (TPSA) is 6.48 Å². The van der Waals surface area contributed by atoms with Gasteiger partial charge >= 0.3 is 0 Å². The molecule has 0 bridgehead atoms. The second-order valence-electron chi connectivity index (χ2n) is 17.2.